The second kappa shape index (κ2) is 7.62. The van der Waals surface area contributed by atoms with Crippen LogP contribution in [0.1, 0.15) is 50.2 Å². The number of rotatable bonds is 5. The van der Waals surface area contributed by atoms with Gasteiger partial charge in [0.25, 0.3) is 5.91 Å². The van der Waals surface area contributed by atoms with Crippen molar-refractivity contribution in [2.24, 2.45) is 0 Å². The van der Waals surface area contributed by atoms with Crippen molar-refractivity contribution in [3.05, 3.63) is 82.2 Å². The summed E-state index contributed by atoms with van der Waals surface area (Å²) in [6.07, 6.45) is 0. The zero-order valence-electron chi connectivity index (χ0n) is 16.1. The van der Waals surface area contributed by atoms with Crippen molar-refractivity contribution in [2.75, 3.05) is 0 Å². The fraction of sp³-hybridized carbons (Fsp3) is 0.217. The van der Waals surface area contributed by atoms with Crippen LogP contribution in [-0.2, 0) is 6.54 Å². The molecule has 0 radical (unpaired) electrons. The van der Waals surface area contributed by atoms with E-state index in [1.165, 1.54) is 12.5 Å². The average molecular weight is 360 g/mol. The van der Waals surface area contributed by atoms with E-state index < -0.39 is 0 Å². The lowest BCUT2D eigenvalue weighted by Gasteiger charge is -2.08. The van der Waals surface area contributed by atoms with Crippen LogP contribution in [0.4, 0.5) is 0 Å². The van der Waals surface area contributed by atoms with E-state index in [0.29, 0.717) is 23.4 Å². The van der Waals surface area contributed by atoms with Crippen molar-refractivity contribution in [1.82, 2.24) is 10.3 Å². The van der Waals surface area contributed by atoms with E-state index >= 15 is 0 Å². The highest BCUT2D eigenvalue weighted by molar-refractivity contribution is 6.02. The number of hydrogen-bond acceptors (Lipinski definition) is 2. The summed E-state index contributed by atoms with van der Waals surface area (Å²) in [4.78, 5) is 27.4. The van der Waals surface area contributed by atoms with Crippen LogP contribution >= 0.6 is 0 Å². The average Bonchev–Trinajstić information content (AvgIpc) is 2.94. The van der Waals surface area contributed by atoms with Crippen molar-refractivity contribution in [1.29, 1.82) is 0 Å². The molecular formula is C23H24N2O2. The summed E-state index contributed by atoms with van der Waals surface area (Å²) in [5.74, 6) is -0.241. The Labute approximate surface area is 159 Å². The van der Waals surface area contributed by atoms with Crippen molar-refractivity contribution >= 4 is 11.7 Å². The maximum absolute atomic E-state index is 12.6. The van der Waals surface area contributed by atoms with Gasteiger partial charge >= 0.3 is 0 Å². The van der Waals surface area contributed by atoms with Gasteiger partial charge in [0.2, 0.25) is 0 Å². The highest BCUT2D eigenvalue weighted by atomic mass is 16.2. The maximum atomic E-state index is 12.6. The van der Waals surface area contributed by atoms with E-state index in [0.717, 1.165) is 22.4 Å². The Morgan fingerprint density at radius 1 is 0.963 bits per heavy atom. The molecule has 0 unspecified atom stereocenters. The number of nitrogens with one attached hydrogen (secondary N) is 2. The Kier molecular flexibility index (Phi) is 5.26. The SMILES string of the molecule is CC(=O)c1c(C)[nH]c(C(=O)NCc2cccc(-c3cccc(C)c3)c2)c1C. The molecule has 27 heavy (non-hydrogen) atoms. The predicted molar refractivity (Wildman–Crippen MR) is 108 cm³/mol. The summed E-state index contributed by atoms with van der Waals surface area (Å²) in [5, 5.41) is 2.94. The lowest BCUT2D eigenvalue weighted by atomic mass is 10.0. The number of Topliss-reactive ketones (excluding diaryl/α,β-unsaturated/α-hetero) is 1. The standard InChI is InChI=1S/C23H24N2O2/c1-14-7-5-9-19(11-14)20-10-6-8-18(12-20)13-24-23(27)22-15(2)21(17(4)26)16(3)25-22/h5-12,25H,13H2,1-4H3,(H,24,27). The largest absolute Gasteiger partial charge is 0.354 e. The van der Waals surface area contributed by atoms with Crippen molar-refractivity contribution < 1.29 is 9.59 Å². The second-order valence-electron chi connectivity index (χ2n) is 6.93. The van der Waals surface area contributed by atoms with Gasteiger partial charge in [0.1, 0.15) is 5.69 Å². The molecule has 1 heterocycles. The minimum atomic E-state index is -0.205. The van der Waals surface area contributed by atoms with Gasteiger partial charge in [-0.2, -0.15) is 0 Å². The monoisotopic (exact) mass is 360 g/mol. The van der Waals surface area contributed by atoms with E-state index in [1.54, 1.807) is 6.92 Å². The van der Waals surface area contributed by atoms with Gasteiger partial charge < -0.3 is 10.3 Å². The zero-order chi connectivity index (χ0) is 19.6. The van der Waals surface area contributed by atoms with Crippen LogP contribution < -0.4 is 5.32 Å². The summed E-state index contributed by atoms with van der Waals surface area (Å²) in [6, 6.07) is 16.5. The van der Waals surface area contributed by atoms with Crippen LogP contribution in [0.25, 0.3) is 11.1 Å². The smallest absolute Gasteiger partial charge is 0.268 e. The Morgan fingerprint density at radius 2 is 1.63 bits per heavy atom. The number of amides is 1. The molecule has 4 nitrogen and oxygen atoms in total. The van der Waals surface area contributed by atoms with Crippen LogP contribution in [0.15, 0.2) is 48.5 Å². The first-order valence-electron chi connectivity index (χ1n) is 9.01. The van der Waals surface area contributed by atoms with E-state index in [2.05, 4.69) is 47.6 Å². The molecular weight excluding hydrogens is 336 g/mol. The quantitative estimate of drug-likeness (QED) is 0.646. The number of aromatic amines is 1. The zero-order valence-corrected chi connectivity index (χ0v) is 16.1. The number of aromatic nitrogens is 1. The van der Waals surface area contributed by atoms with Crippen LogP contribution in [0, 0.1) is 20.8 Å². The molecule has 138 valence electrons. The first-order chi connectivity index (χ1) is 12.9. The van der Waals surface area contributed by atoms with Gasteiger partial charge in [-0.25, -0.2) is 0 Å². The van der Waals surface area contributed by atoms with Gasteiger partial charge in [-0.3, -0.25) is 9.59 Å². The van der Waals surface area contributed by atoms with Gasteiger partial charge in [0, 0.05) is 17.8 Å². The number of carbonyl (C=O) groups is 2. The third kappa shape index (κ3) is 4.00. The summed E-state index contributed by atoms with van der Waals surface area (Å²) >= 11 is 0. The van der Waals surface area contributed by atoms with Gasteiger partial charge in [0.05, 0.1) is 0 Å². The summed E-state index contributed by atoms with van der Waals surface area (Å²) in [5.41, 5.74) is 6.99. The van der Waals surface area contributed by atoms with Gasteiger partial charge in [-0.15, -0.1) is 0 Å². The third-order valence-corrected chi connectivity index (χ3v) is 4.75. The first-order valence-corrected chi connectivity index (χ1v) is 9.01. The molecule has 0 atom stereocenters. The van der Waals surface area contributed by atoms with Gasteiger partial charge in [0.15, 0.2) is 5.78 Å². The van der Waals surface area contributed by atoms with Gasteiger partial charge in [-0.05, 0) is 56.0 Å². The number of carbonyl (C=O) groups excluding carboxylic acids is 2. The molecule has 2 aromatic carbocycles. The molecule has 0 aliphatic heterocycles. The normalized spacial score (nSPS) is 10.7. The van der Waals surface area contributed by atoms with E-state index in [1.807, 2.05) is 25.1 Å². The molecule has 0 spiro atoms. The fourth-order valence-corrected chi connectivity index (χ4v) is 3.46. The Balaban J connectivity index is 1.76. The molecule has 0 aliphatic carbocycles. The summed E-state index contributed by atoms with van der Waals surface area (Å²) < 4.78 is 0. The summed E-state index contributed by atoms with van der Waals surface area (Å²) in [6.45, 7) is 7.62. The van der Waals surface area contributed by atoms with E-state index in [-0.39, 0.29) is 11.7 Å². The fourth-order valence-electron chi connectivity index (χ4n) is 3.46. The highest BCUT2D eigenvalue weighted by Crippen LogP contribution is 2.22. The Morgan fingerprint density at radius 3 is 2.26 bits per heavy atom. The minimum absolute atomic E-state index is 0.0360. The number of aryl methyl sites for hydroxylation is 2. The molecule has 3 aromatic rings. The minimum Gasteiger partial charge on any atom is -0.354 e. The second-order valence-corrected chi connectivity index (χ2v) is 6.93. The molecule has 0 saturated heterocycles. The molecule has 2 N–H and O–H groups in total. The van der Waals surface area contributed by atoms with Crippen molar-refractivity contribution in [2.45, 2.75) is 34.2 Å². The van der Waals surface area contributed by atoms with Crippen LogP contribution in [0.2, 0.25) is 0 Å². The van der Waals surface area contributed by atoms with Crippen LogP contribution in [0.3, 0.4) is 0 Å². The van der Waals surface area contributed by atoms with E-state index in [9.17, 15) is 9.59 Å². The molecule has 1 aromatic heterocycles. The molecule has 0 bridgehead atoms. The number of ketones is 1. The topological polar surface area (TPSA) is 62.0 Å². The highest BCUT2D eigenvalue weighted by Gasteiger charge is 2.19. The molecule has 0 saturated carbocycles. The Hall–Kier alpha value is -3.14. The number of benzene rings is 2. The van der Waals surface area contributed by atoms with Crippen molar-refractivity contribution in [3.63, 3.8) is 0 Å². The maximum Gasteiger partial charge on any atom is 0.268 e. The predicted octanol–water partition coefficient (Wildman–Crippen LogP) is 4.74. The van der Waals surface area contributed by atoms with Crippen molar-refractivity contribution in [3.8, 4) is 11.1 Å². The van der Waals surface area contributed by atoms with Crippen LogP contribution in [0.5, 0.6) is 0 Å². The lowest BCUT2D eigenvalue weighted by Crippen LogP contribution is -2.24. The molecule has 0 aliphatic rings. The number of hydrogen-bond donors (Lipinski definition) is 2. The number of H-pyrrole nitrogens is 1. The molecule has 3 rings (SSSR count). The molecule has 4 heteroatoms. The third-order valence-electron chi connectivity index (χ3n) is 4.75. The van der Waals surface area contributed by atoms with Gasteiger partial charge in [-0.1, -0.05) is 48.0 Å². The Bertz CT molecular complexity index is 1010. The molecule has 0 fully saturated rings. The van der Waals surface area contributed by atoms with E-state index in [4.69, 9.17) is 0 Å². The van der Waals surface area contributed by atoms with Crippen LogP contribution in [-0.4, -0.2) is 16.7 Å². The summed E-state index contributed by atoms with van der Waals surface area (Å²) in [7, 11) is 0. The first kappa shape index (κ1) is 18.6. The molecule has 1 amide bonds. The lowest BCUT2D eigenvalue weighted by molar-refractivity contribution is 0.0945.